The standard InChI is InChI=1S/C13H15N3O/c14-10-13(7-3-1-4-8-13)16-12(17)11-6-2-5-9-15-11/h2,5-6,9H,1,3-4,7-8H2,(H,16,17). The van der Waals surface area contributed by atoms with Gasteiger partial charge in [-0.05, 0) is 25.0 Å². The first kappa shape index (κ1) is 11.6. The zero-order chi connectivity index (χ0) is 12.1. The molecule has 0 aliphatic heterocycles. The van der Waals surface area contributed by atoms with Gasteiger partial charge in [-0.1, -0.05) is 25.3 Å². The van der Waals surface area contributed by atoms with Crippen LogP contribution in [0.3, 0.4) is 0 Å². The van der Waals surface area contributed by atoms with Crippen LogP contribution in [0, 0.1) is 11.3 Å². The van der Waals surface area contributed by atoms with Crippen molar-refractivity contribution in [2.45, 2.75) is 37.6 Å². The highest BCUT2D eigenvalue weighted by Crippen LogP contribution is 2.27. The highest BCUT2D eigenvalue weighted by Gasteiger charge is 2.33. The van der Waals surface area contributed by atoms with Crippen LogP contribution in [0.5, 0.6) is 0 Å². The predicted octanol–water partition coefficient (Wildman–Crippen LogP) is 2.04. The zero-order valence-electron chi connectivity index (χ0n) is 9.65. The quantitative estimate of drug-likeness (QED) is 0.843. The smallest absolute Gasteiger partial charge is 0.271 e. The van der Waals surface area contributed by atoms with Gasteiger partial charge in [-0.3, -0.25) is 9.78 Å². The maximum atomic E-state index is 12.0. The molecule has 1 aliphatic rings. The number of aromatic nitrogens is 1. The van der Waals surface area contributed by atoms with Gasteiger partial charge in [-0.25, -0.2) is 0 Å². The van der Waals surface area contributed by atoms with E-state index in [0.29, 0.717) is 5.69 Å². The van der Waals surface area contributed by atoms with Crippen LogP contribution >= 0.6 is 0 Å². The topological polar surface area (TPSA) is 65.8 Å². The molecule has 1 aliphatic carbocycles. The van der Waals surface area contributed by atoms with Crippen LogP contribution in [0.2, 0.25) is 0 Å². The van der Waals surface area contributed by atoms with E-state index in [1.165, 1.54) is 0 Å². The van der Waals surface area contributed by atoms with Crippen LogP contribution in [0.1, 0.15) is 42.6 Å². The van der Waals surface area contributed by atoms with Crippen molar-refractivity contribution in [2.75, 3.05) is 0 Å². The fourth-order valence-corrected chi connectivity index (χ4v) is 2.20. The monoisotopic (exact) mass is 229 g/mol. The van der Waals surface area contributed by atoms with Crippen LogP contribution in [0.25, 0.3) is 0 Å². The van der Waals surface area contributed by atoms with Gasteiger partial charge in [0.15, 0.2) is 0 Å². The van der Waals surface area contributed by atoms with Gasteiger partial charge in [0.1, 0.15) is 11.2 Å². The Hall–Kier alpha value is -1.89. The number of nitrogens with one attached hydrogen (secondary N) is 1. The second-order valence-corrected chi connectivity index (χ2v) is 4.42. The van der Waals surface area contributed by atoms with Crippen molar-refractivity contribution in [2.24, 2.45) is 0 Å². The van der Waals surface area contributed by atoms with E-state index in [1.807, 2.05) is 0 Å². The number of rotatable bonds is 2. The first-order valence-electron chi connectivity index (χ1n) is 5.91. The van der Waals surface area contributed by atoms with Gasteiger partial charge >= 0.3 is 0 Å². The number of carbonyl (C=O) groups is 1. The summed E-state index contributed by atoms with van der Waals surface area (Å²) in [6.45, 7) is 0. The number of pyridine rings is 1. The second-order valence-electron chi connectivity index (χ2n) is 4.42. The highest BCUT2D eigenvalue weighted by molar-refractivity contribution is 5.93. The summed E-state index contributed by atoms with van der Waals surface area (Å²) in [5.41, 5.74) is -0.319. The lowest BCUT2D eigenvalue weighted by atomic mass is 9.83. The van der Waals surface area contributed by atoms with Gasteiger partial charge in [0, 0.05) is 6.20 Å². The minimum atomic E-state index is -0.688. The summed E-state index contributed by atoms with van der Waals surface area (Å²) >= 11 is 0. The van der Waals surface area contributed by atoms with E-state index in [9.17, 15) is 10.1 Å². The molecular weight excluding hydrogens is 214 g/mol. The molecular formula is C13H15N3O. The van der Waals surface area contributed by atoms with E-state index in [4.69, 9.17) is 0 Å². The molecule has 0 radical (unpaired) electrons. The molecule has 0 bridgehead atoms. The third kappa shape index (κ3) is 2.62. The van der Waals surface area contributed by atoms with Crippen LogP contribution in [-0.4, -0.2) is 16.4 Å². The molecule has 1 amide bonds. The largest absolute Gasteiger partial charge is 0.332 e. The molecule has 0 atom stereocenters. The van der Waals surface area contributed by atoms with Crippen molar-refractivity contribution >= 4 is 5.91 Å². The van der Waals surface area contributed by atoms with E-state index in [1.54, 1.807) is 24.4 Å². The Morgan fingerprint density at radius 3 is 2.71 bits per heavy atom. The van der Waals surface area contributed by atoms with Crippen LogP contribution in [0.15, 0.2) is 24.4 Å². The molecule has 88 valence electrons. The Kier molecular flexibility index (Phi) is 3.38. The summed E-state index contributed by atoms with van der Waals surface area (Å²) in [7, 11) is 0. The molecule has 2 rings (SSSR count). The van der Waals surface area contributed by atoms with Crippen LogP contribution in [0.4, 0.5) is 0 Å². The normalized spacial score (nSPS) is 18.1. The van der Waals surface area contributed by atoms with Gasteiger partial charge in [-0.15, -0.1) is 0 Å². The molecule has 1 aromatic rings. The Labute approximate surface area is 101 Å². The number of amides is 1. The Bertz CT molecular complexity index is 430. The molecule has 1 fully saturated rings. The fourth-order valence-electron chi connectivity index (χ4n) is 2.20. The molecule has 0 unspecified atom stereocenters. The third-order valence-electron chi connectivity index (χ3n) is 3.17. The lowest BCUT2D eigenvalue weighted by Gasteiger charge is -2.31. The summed E-state index contributed by atoms with van der Waals surface area (Å²) in [6, 6.07) is 7.44. The average molecular weight is 229 g/mol. The number of nitrogens with zero attached hydrogens (tertiary/aromatic N) is 2. The Balaban J connectivity index is 2.10. The lowest BCUT2D eigenvalue weighted by Crippen LogP contribution is -2.48. The van der Waals surface area contributed by atoms with E-state index < -0.39 is 5.54 Å². The third-order valence-corrected chi connectivity index (χ3v) is 3.17. The molecule has 0 spiro atoms. The first-order chi connectivity index (χ1) is 8.26. The minimum Gasteiger partial charge on any atom is -0.332 e. The van der Waals surface area contributed by atoms with Crippen LogP contribution in [-0.2, 0) is 0 Å². The van der Waals surface area contributed by atoms with E-state index in [-0.39, 0.29) is 5.91 Å². The molecule has 4 heteroatoms. The number of hydrogen-bond donors (Lipinski definition) is 1. The lowest BCUT2D eigenvalue weighted by molar-refractivity contribution is 0.0897. The van der Waals surface area contributed by atoms with Crippen molar-refractivity contribution in [1.82, 2.24) is 10.3 Å². The maximum Gasteiger partial charge on any atom is 0.271 e. The summed E-state index contributed by atoms with van der Waals surface area (Å²) in [5.74, 6) is -0.256. The maximum absolute atomic E-state index is 12.0. The zero-order valence-corrected chi connectivity index (χ0v) is 9.65. The van der Waals surface area contributed by atoms with E-state index in [2.05, 4.69) is 16.4 Å². The fraction of sp³-hybridized carbons (Fsp3) is 0.462. The SMILES string of the molecule is N#CC1(NC(=O)c2ccccn2)CCCCC1. The van der Waals surface area contributed by atoms with E-state index in [0.717, 1.165) is 32.1 Å². The number of nitriles is 1. The van der Waals surface area contributed by atoms with Crippen LogP contribution < -0.4 is 5.32 Å². The molecule has 0 aromatic carbocycles. The van der Waals surface area contributed by atoms with Crippen molar-refractivity contribution in [3.8, 4) is 6.07 Å². The van der Waals surface area contributed by atoms with Gasteiger partial charge in [-0.2, -0.15) is 5.26 Å². The molecule has 1 saturated carbocycles. The Morgan fingerprint density at radius 1 is 1.35 bits per heavy atom. The second kappa shape index (κ2) is 4.96. The number of carbonyl (C=O) groups excluding carboxylic acids is 1. The average Bonchev–Trinajstić information content (AvgIpc) is 2.41. The van der Waals surface area contributed by atoms with Gasteiger partial charge < -0.3 is 5.32 Å². The molecule has 1 heterocycles. The minimum absolute atomic E-state index is 0.256. The summed E-state index contributed by atoms with van der Waals surface area (Å²) in [4.78, 5) is 15.9. The molecule has 17 heavy (non-hydrogen) atoms. The van der Waals surface area contributed by atoms with Crippen molar-refractivity contribution < 1.29 is 4.79 Å². The molecule has 1 aromatic heterocycles. The first-order valence-corrected chi connectivity index (χ1v) is 5.91. The van der Waals surface area contributed by atoms with Gasteiger partial charge in [0.05, 0.1) is 6.07 Å². The Morgan fingerprint density at radius 2 is 2.12 bits per heavy atom. The van der Waals surface area contributed by atoms with Gasteiger partial charge in [0.2, 0.25) is 0 Å². The molecule has 1 N–H and O–H groups in total. The van der Waals surface area contributed by atoms with Gasteiger partial charge in [0.25, 0.3) is 5.91 Å². The number of hydrogen-bond acceptors (Lipinski definition) is 3. The predicted molar refractivity (Wildman–Crippen MR) is 63.1 cm³/mol. The van der Waals surface area contributed by atoms with Crippen molar-refractivity contribution in [3.05, 3.63) is 30.1 Å². The molecule has 0 saturated heterocycles. The van der Waals surface area contributed by atoms with Crippen molar-refractivity contribution in [3.63, 3.8) is 0 Å². The van der Waals surface area contributed by atoms with Crippen molar-refractivity contribution in [1.29, 1.82) is 5.26 Å². The summed E-state index contributed by atoms with van der Waals surface area (Å²) < 4.78 is 0. The summed E-state index contributed by atoms with van der Waals surface area (Å²) in [6.07, 6.45) is 6.19. The highest BCUT2D eigenvalue weighted by atomic mass is 16.2. The summed E-state index contributed by atoms with van der Waals surface area (Å²) in [5, 5.41) is 12.1. The van der Waals surface area contributed by atoms with E-state index >= 15 is 0 Å². The molecule has 4 nitrogen and oxygen atoms in total.